The van der Waals surface area contributed by atoms with Gasteiger partial charge in [0.25, 0.3) is 0 Å². The highest BCUT2D eigenvalue weighted by atomic mass is 16.5. The lowest BCUT2D eigenvalue weighted by atomic mass is 10.2. The third kappa shape index (κ3) is 2.59. The Hall–Kier alpha value is -1.69. The van der Waals surface area contributed by atoms with Crippen molar-refractivity contribution in [1.82, 2.24) is 15.1 Å². The third-order valence-corrected chi connectivity index (χ3v) is 2.78. The molecule has 1 aromatic rings. The van der Waals surface area contributed by atoms with Crippen LogP contribution < -0.4 is 0 Å². The Bertz CT molecular complexity index is 442. The highest BCUT2D eigenvalue weighted by molar-refractivity contribution is 5.87. The summed E-state index contributed by atoms with van der Waals surface area (Å²) in [6.07, 6.45) is 0.957. The van der Waals surface area contributed by atoms with Crippen molar-refractivity contribution in [2.45, 2.75) is 25.9 Å². The van der Waals surface area contributed by atoms with Gasteiger partial charge in [-0.05, 0) is 6.08 Å². The summed E-state index contributed by atoms with van der Waals surface area (Å²) >= 11 is 0. The molecule has 1 aliphatic heterocycles. The lowest BCUT2D eigenvalue weighted by Crippen LogP contribution is -2.41. The van der Waals surface area contributed by atoms with Crippen LogP contribution in [0.1, 0.15) is 37.7 Å². The fourth-order valence-electron chi connectivity index (χ4n) is 1.74. The molecule has 0 saturated carbocycles. The number of rotatable bonds is 3. The number of carbonyl (C=O) groups excluding carboxylic acids is 1. The Morgan fingerprint density at radius 3 is 2.94 bits per heavy atom. The minimum Gasteiger partial charge on any atom is -0.422 e. The molecule has 98 valence electrons. The quantitative estimate of drug-likeness (QED) is 0.757. The maximum Gasteiger partial charge on any atom is 0.247 e. The Balaban J connectivity index is 2.08. The van der Waals surface area contributed by atoms with Crippen molar-refractivity contribution in [1.29, 1.82) is 0 Å². The standard InChI is InChI=1S/C12H17N3O3/c1-4-10(16)15-5-6-17-9(7-15)12-14-13-11(18-12)8(2)3/h4,8-9H,1,5-7H2,2-3H3. The average Bonchev–Trinajstić information content (AvgIpc) is 2.88. The van der Waals surface area contributed by atoms with Crippen LogP contribution in [0.5, 0.6) is 0 Å². The number of ether oxygens (including phenoxy) is 1. The number of hydrogen-bond acceptors (Lipinski definition) is 5. The van der Waals surface area contributed by atoms with Gasteiger partial charge in [0.15, 0.2) is 6.10 Å². The number of nitrogens with zero attached hydrogens (tertiary/aromatic N) is 3. The summed E-state index contributed by atoms with van der Waals surface area (Å²) in [6.45, 7) is 8.88. The largest absolute Gasteiger partial charge is 0.422 e. The first-order valence-corrected chi connectivity index (χ1v) is 5.98. The predicted molar refractivity (Wildman–Crippen MR) is 63.9 cm³/mol. The van der Waals surface area contributed by atoms with Crippen molar-refractivity contribution in [3.8, 4) is 0 Å². The van der Waals surface area contributed by atoms with Gasteiger partial charge in [0.05, 0.1) is 13.2 Å². The summed E-state index contributed by atoms with van der Waals surface area (Å²) < 4.78 is 11.1. The van der Waals surface area contributed by atoms with E-state index in [1.807, 2.05) is 13.8 Å². The molecule has 1 unspecified atom stereocenters. The maximum atomic E-state index is 11.5. The average molecular weight is 251 g/mol. The van der Waals surface area contributed by atoms with Crippen LogP contribution >= 0.6 is 0 Å². The molecule has 1 fully saturated rings. The first kappa shape index (κ1) is 12.8. The molecular formula is C12H17N3O3. The zero-order chi connectivity index (χ0) is 13.1. The van der Waals surface area contributed by atoms with E-state index in [0.29, 0.717) is 31.5 Å². The van der Waals surface area contributed by atoms with Gasteiger partial charge in [0.2, 0.25) is 17.7 Å². The molecule has 18 heavy (non-hydrogen) atoms. The smallest absolute Gasteiger partial charge is 0.247 e. The SMILES string of the molecule is C=CC(=O)N1CCOC(c2nnc(C(C)C)o2)C1. The summed E-state index contributed by atoms with van der Waals surface area (Å²) in [5.74, 6) is 1.09. The van der Waals surface area contributed by atoms with Crippen molar-refractivity contribution in [3.63, 3.8) is 0 Å². The van der Waals surface area contributed by atoms with Gasteiger partial charge in [0, 0.05) is 12.5 Å². The summed E-state index contributed by atoms with van der Waals surface area (Å²) in [4.78, 5) is 13.2. The van der Waals surface area contributed by atoms with E-state index in [9.17, 15) is 4.79 Å². The van der Waals surface area contributed by atoms with E-state index in [1.54, 1.807) is 4.90 Å². The van der Waals surface area contributed by atoms with Gasteiger partial charge in [0.1, 0.15) is 0 Å². The summed E-state index contributed by atoms with van der Waals surface area (Å²) in [5, 5.41) is 7.94. The van der Waals surface area contributed by atoms with Gasteiger partial charge in [-0.3, -0.25) is 4.79 Å². The molecule has 1 atom stereocenters. The molecule has 2 heterocycles. The van der Waals surface area contributed by atoms with Gasteiger partial charge < -0.3 is 14.1 Å². The van der Waals surface area contributed by atoms with Crippen LogP contribution in [0, 0.1) is 0 Å². The summed E-state index contributed by atoms with van der Waals surface area (Å²) in [7, 11) is 0. The number of hydrogen-bond donors (Lipinski definition) is 0. The minimum atomic E-state index is -0.345. The van der Waals surface area contributed by atoms with Gasteiger partial charge in [-0.1, -0.05) is 20.4 Å². The van der Waals surface area contributed by atoms with Gasteiger partial charge in [-0.15, -0.1) is 10.2 Å². The molecule has 1 amide bonds. The molecule has 0 spiro atoms. The van der Waals surface area contributed by atoms with E-state index >= 15 is 0 Å². The molecule has 1 aromatic heterocycles. The molecule has 6 heteroatoms. The second-order valence-corrected chi connectivity index (χ2v) is 4.48. The normalized spacial score (nSPS) is 20.2. The molecule has 1 saturated heterocycles. The summed E-state index contributed by atoms with van der Waals surface area (Å²) in [6, 6.07) is 0. The maximum absolute atomic E-state index is 11.5. The second kappa shape index (κ2) is 5.30. The number of morpholine rings is 1. The van der Waals surface area contributed by atoms with E-state index in [0.717, 1.165) is 0 Å². The van der Waals surface area contributed by atoms with E-state index < -0.39 is 0 Å². The third-order valence-electron chi connectivity index (χ3n) is 2.78. The first-order chi connectivity index (χ1) is 8.61. The first-order valence-electron chi connectivity index (χ1n) is 5.98. The van der Waals surface area contributed by atoms with Crippen molar-refractivity contribution < 1.29 is 13.9 Å². The number of amides is 1. The van der Waals surface area contributed by atoms with Crippen molar-refractivity contribution >= 4 is 5.91 Å². The topological polar surface area (TPSA) is 68.5 Å². The lowest BCUT2D eigenvalue weighted by molar-refractivity contribution is -0.134. The van der Waals surface area contributed by atoms with E-state index in [1.165, 1.54) is 6.08 Å². The van der Waals surface area contributed by atoms with Crippen molar-refractivity contribution in [2.24, 2.45) is 0 Å². The van der Waals surface area contributed by atoms with Crippen LogP contribution in [-0.2, 0) is 9.53 Å². The van der Waals surface area contributed by atoms with Crippen LogP contribution in [0.4, 0.5) is 0 Å². The number of carbonyl (C=O) groups is 1. The molecule has 0 N–H and O–H groups in total. The molecule has 1 aliphatic rings. The predicted octanol–water partition coefficient (Wildman–Crippen LogP) is 1.28. The minimum absolute atomic E-state index is 0.105. The molecule has 0 aliphatic carbocycles. The Morgan fingerprint density at radius 2 is 2.33 bits per heavy atom. The fraction of sp³-hybridized carbons (Fsp3) is 0.583. The summed E-state index contributed by atoms with van der Waals surface area (Å²) in [5.41, 5.74) is 0. The molecule has 0 bridgehead atoms. The van der Waals surface area contributed by atoms with Crippen LogP contribution in [0.2, 0.25) is 0 Å². The van der Waals surface area contributed by atoms with Gasteiger partial charge in [-0.25, -0.2) is 0 Å². The van der Waals surface area contributed by atoms with Crippen LogP contribution in [-0.4, -0.2) is 40.7 Å². The monoisotopic (exact) mass is 251 g/mol. The van der Waals surface area contributed by atoms with Crippen molar-refractivity contribution in [2.75, 3.05) is 19.7 Å². The van der Waals surface area contributed by atoms with Gasteiger partial charge >= 0.3 is 0 Å². The fourth-order valence-corrected chi connectivity index (χ4v) is 1.74. The molecule has 6 nitrogen and oxygen atoms in total. The van der Waals surface area contributed by atoms with E-state index in [4.69, 9.17) is 9.15 Å². The van der Waals surface area contributed by atoms with Gasteiger partial charge in [-0.2, -0.15) is 0 Å². The molecule has 0 radical (unpaired) electrons. The Labute approximate surface area is 106 Å². The van der Waals surface area contributed by atoms with E-state index in [-0.39, 0.29) is 17.9 Å². The molecule has 2 rings (SSSR count). The number of aromatic nitrogens is 2. The second-order valence-electron chi connectivity index (χ2n) is 4.48. The Kier molecular flexibility index (Phi) is 3.76. The van der Waals surface area contributed by atoms with E-state index in [2.05, 4.69) is 16.8 Å². The Morgan fingerprint density at radius 1 is 1.56 bits per heavy atom. The van der Waals surface area contributed by atoms with Crippen LogP contribution in [0.25, 0.3) is 0 Å². The van der Waals surface area contributed by atoms with Crippen LogP contribution in [0.3, 0.4) is 0 Å². The highest BCUT2D eigenvalue weighted by Crippen LogP contribution is 2.23. The molecule has 0 aromatic carbocycles. The van der Waals surface area contributed by atoms with Crippen molar-refractivity contribution in [3.05, 3.63) is 24.4 Å². The zero-order valence-corrected chi connectivity index (χ0v) is 10.6. The molecular weight excluding hydrogens is 234 g/mol. The lowest BCUT2D eigenvalue weighted by Gasteiger charge is -2.30. The highest BCUT2D eigenvalue weighted by Gasteiger charge is 2.28. The zero-order valence-electron chi connectivity index (χ0n) is 10.6. The van der Waals surface area contributed by atoms with Crippen LogP contribution in [0.15, 0.2) is 17.1 Å².